The zero-order valence-electron chi connectivity index (χ0n) is 28.8. The van der Waals surface area contributed by atoms with E-state index in [-0.39, 0.29) is 18.4 Å². The van der Waals surface area contributed by atoms with Crippen molar-refractivity contribution in [1.29, 1.82) is 0 Å². The van der Waals surface area contributed by atoms with Gasteiger partial charge in [0.05, 0.1) is 23.6 Å². The first-order valence-electron chi connectivity index (χ1n) is 17.3. The lowest BCUT2D eigenvalue weighted by molar-refractivity contribution is -0.126. The Morgan fingerprint density at radius 2 is 1.54 bits per heavy atom. The first kappa shape index (κ1) is 38.4. The molecule has 2 aliphatic rings. The van der Waals surface area contributed by atoms with Crippen LogP contribution in [0.4, 0.5) is 5.69 Å². The molecule has 3 heterocycles. The van der Waals surface area contributed by atoms with E-state index in [0.29, 0.717) is 23.1 Å². The van der Waals surface area contributed by atoms with Gasteiger partial charge in [0.2, 0.25) is 11.8 Å². The second kappa shape index (κ2) is 21.8. The summed E-state index contributed by atoms with van der Waals surface area (Å²) in [5.74, 6) is -0.00136. The number of carbonyl (C=O) groups is 3. The molecule has 8 nitrogen and oxygen atoms in total. The summed E-state index contributed by atoms with van der Waals surface area (Å²) in [5.41, 5.74) is 4.04. The van der Waals surface area contributed by atoms with E-state index in [2.05, 4.69) is 16.9 Å². The molecule has 0 atom stereocenters. The van der Waals surface area contributed by atoms with Crippen molar-refractivity contribution in [3.8, 4) is 0 Å². The van der Waals surface area contributed by atoms with Gasteiger partial charge >= 0.3 is 5.97 Å². The van der Waals surface area contributed by atoms with E-state index in [4.69, 9.17) is 16.3 Å². The number of carbonyl (C=O) groups excluding carboxylic acids is 3. The van der Waals surface area contributed by atoms with Crippen molar-refractivity contribution >= 4 is 40.8 Å². The number of unbranched alkanes of at least 4 members (excludes halogenated alkanes) is 9. The zero-order chi connectivity index (χ0) is 34.6. The Hall–Kier alpha value is -4.04. The van der Waals surface area contributed by atoms with Gasteiger partial charge in [0.15, 0.2) is 0 Å². The molecule has 3 aromatic rings. The van der Waals surface area contributed by atoms with Crippen LogP contribution in [0.5, 0.6) is 0 Å². The Labute approximate surface area is 291 Å². The van der Waals surface area contributed by atoms with Gasteiger partial charge in [-0.2, -0.15) is 0 Å². The molecule has 0 aliphatic carbocycles. The van der Waals surface area contributed by atoms with E-state index in [1.807, 2.05) is 49.5 Å². The van der Waals surface area contributed by atoms with Crippen LogP contribution in [0, 0.1) is 0 Å². The van der Waals surface area contributed by atoms with Gasteiger partial charge in [-0.3, -0.25) is 19.6 Å². The van der Waals surface area contributed by atoms with Crippen LogP contribution in [-0.2, 0) is 14.3 Å². The smallest absolute Gasteiger partial charge is 0.339 e. The molecular formula is C39H51ClN4O4. The third-order valence-electron chi connectivity index (χ3n) is 8.31. The predicted octanol–water partition coefficient (Wildman–Crippen LogP) is 8.55. The highest BCUT2D eigenvalue weighted by atomic mass is 35.5. The SMILES string of the molecule is CCCCCCCCCCCCOC(=O)c1cccnc1.CN1C(=O)CN=C(c2ccccc2)c2cc(Cl)ccc21.CN1CCCC1=O. The van der Waals surface area contributed by atoms with Crippen molar-refractivity contribution in [2.75, 3.05) is 38.7 Å². The van der Waals surface area contributed by atoms with Crippen molar-refractivity contribution in [1.82, 2.24) is 9.88 Å². The number of hydrogen-bond donors (Lipinski definition) is 0. The Balaban J connectivity index is 0.000000217. The quantitative estimate of drug-likeness (QED) is 0.134. The van der Waals surface area contributed by atoms with Crippen LogP contribution in [-0.4, -0.2) is 67.2 Å². The molecule has 2 aliphatic heterocycles. The number of anilines is 1. The summed E-state index contributed by atoms with van der Waals surface area (Å²) < 4.78 is 5.22. The molecule has 0 spiro atoms. The number of likely N-dealkylation sites (tertiary alicyclic amines) is 1. The summed E-state index contributed by atoms with van der Waals surface area (Å²) in [5, 5.41) is 0.634. The number of fused-ring (bicyclic) bond motifs is 1. The molecule has 5 rings (SSSR count). The number of halogens is 1. The number of esters is 1. The second-order valence-corrected chi connectivity index (χ2v) is 12.6. The lowest BCUT2D eigenvalue weighted by atomic mass is 10.0. The maximum atomic E-state index is 12.0. The molecule has 0 unspecified atom stereocenters. The maximum absolute atomic E-state index is 12.0. The second-order valence-electron chi connectivity index (χ2n) is 12.1. The van der Waals surface area contributed by atoms with Gasteiger partial charge in [0.25, 0.3) is 0 Å². The van der Waals surface area contributed by atoms with Crippen molar-refractivity contribution in [3.63, 3.8) is 0 Å². The number of hydrogen-bond acceptors (Lipinski definition) is 6. The molecule has 258 valence electrons. The number of likely N-dealkylation sites (N-methyl/N-ethyl adjacent to an activating group) is 1. The van der Waals surface area contributed by atoms with Crippen LogP contribution in [0.25, 0.3) is 0 Å². The zero-order valence-corrected chi connectivity index (χ0v) is 29.6. The van der Waals surface area contributed by atoms with Crippen LogP contribution in [0.15, 0.2) is 78.0 Å². The minimum absolute atomic E-state index is 0.0282. The van der Waals surface area contributed by atoms with E-state index < -0.39 is 0 Å². The highest BCUT2D eigenvalue weighted by Gasteiger charge is 2.22. The van der Waals surface area contributed by atoms with Crippen molar-refractivity contribution in [3.05, 3.63) is 94.8 Å². The Morgan fingerprint density at radius 3 is 2.12 bits per heavy atom. The number of amides is 2. The molecule has 0 bridgehead atoms. The highest BCUT2D eigenvalue weighted by Crippen LogP contribution is 2.28. The summed E-state index contributed by atoms with van der Waals surface area (Å²) in [6.45, 7) is 3.87. The lowest BCUT2D eigenvalue weighted by Crippen LogP contribution is -2.27. The minimum Gasteiger partial charge on any atom is -0.462 e. The third-order valence-corrected chi connectivity index (χ3v) is 8.54. The average molecular weight is 675 g/mol. The van der Waals surface area contributed by atoms with Crippen LogP contribution in [0.1, 0.15) is 105 Å². The number of nitrogens with zero attached hydrogens (tertiary/aromatic N) is 4. The number of pyridine rings is 1. The topological polar surface area (TPSA) is 92.2 Å². The van der Waals surface area contributed by atoms with Gasteiger partial charge in [0, 0.05) is 55.6 Å². The van der Waals surface area contributed by atoms with Crippen molar-refractivity contribution in [2.24, 2.45) is 4.99 Å². The van der Waals surface area contributed by atoms with Crippen molar-refractivity contribution < 1.29 is 19.1 Å². The van der Waals surface area contributed by atoms with Gasteiger partial charge in [-0.25, -0.2) is 4.79 Å². The molecule has 48 heavy (non-hydrogen) atoms. The molecule has 1 saturated heterocycles. The Bertz CT molecular complexity index is 1450. The van der Waals surface area contributed by atoms with E-state index >= 15 is 0 Å². The fraction of sp³-hybridized carbons (Fsp3) is 0.462. The summed E-state index contributed by atoms with van der Waals surface area (Å²) in [6, 6.07) is 18.8. The number of aliphatic imine (C=N–C) groups is 1. The van der Waals surface area contributed by atoms with Crippen LogP contribution in [0.2, 0.25) is 5.02 Å². The van der Waals surface area contributed by atoms with Gasteiger partial charge in [-0.05, 0) is 43.2 Å². The number of ether oxygens (including phenoxy) is 1. The van der Waals surface area contributed by atoms with Gasteiger partial charge in [-0.15, -0.1) is 0 Å². The van der Waals surface area contributed by atoms with Crippen LogP contribution in [0.3, 0.4) is 0 Å². The summed E-state index contributed by atoms with van der Waals surface area (Å²) in [4.78, 5) is 45.9. The van der Waals surface area contributed by atoms with E-state index in [9.17, 15) is 14.4 Å². The standard InChI is InChI=1S/C18H29NO2.C16H13ClN2O.C5H9NO/c1-2-3-4-5-6-7-8-9-10-11-15-21-18(20)17-13-12-14-19-16-17;1-19-14-8-7-12(17)9-13(14)16(18-10-15(19)20)11-5-3-2-4-6-11;1-6-4-2-3-5(6)7/h12-14,16H,2-11,15H2,1H3;2-9H,10H2,1H3;2-4H2,1H3. The summed E-state index contributed by atoms with van der Waals surface area (Å²) in [7, 11) is 3.61. The molecule has 9 heteroatoms. The normalized spacial score (nSPS) is 13.8. The molecule has 1 fully saturated rings. The molecule has 0 radical (unpaired) electrons. The van der Waals surface area contributed by atoms with Crippen LogP contribution >= 0.6 is 11.6 Å². The van der Waals surface area contributed by atoms with E-state index in [0.717, 1.165) is 54.8 Å². The Kier molecular flexibility index (Phi) is 17.4. The lowest BCUT2D eigenvalue weighted by Gasteiger charge is -2.18. The van der Waals surface area contributed by atoms with Crippen molar-refractivity contribution in [2.45, 2.75) is 84.0 Å². The monoisotopic (exact) mass is 674 g/mol. The predicted molar refractivity (Wildman–Crippen MR) is 195 cm³/mol. The van der Waals surface area contributed by atoms with E-state index in [1.54, 1.807) is 47.4 Å². The third kappa shape index (κ3) is 13.2. The molecule has 2 aromatic carbocycles. The van der Waals surface area contributed by atoms with Gasteiger partial charge < -0.3 is 14.5 Å². The molecule has 2 amide bonds. The highest BCUT2D eigenvalue weighted by molar-refractivity contribution is 6.32. The summed E-state index contributed by atoms with van der Waals surface area (Å²) >= 11 is 6.11. The molecule has 0 saturated carbocycles. The number of rotatable bonds is 13. The largest absolute Gasteiger partial charge is 0.462 e. The molecule has 1 aromatic heterocycles. The number of benzene rings is 2. The van der Waals surface area contributed by atoms with E-state index in [1.165, 1.54) is 51.4 Å². The molecule has 0 N–H and O–H groups in total. The average Bonchev–Trinajstić information content (AvgIpc) is 3.44. The van der Waals surface area contributed by atoms with Crippen LogP contribution < -0.4 is 4.90 Å². The van der Waals surface area contributed by atoms with Gasteiger partial charge in [0.1, 0.15) is 6.54 Å². The first-order valence-corrected chi connectivity index (χ1v) is 17.7. The summed E-state index contributed by atoms with van der Waals surface area (Å²) in [6.07, 6.45) is 17.9. The first-order chi connectivity index (χ1) is 23.3. The van der Waals surface area contributed by atoms with Gasteiger partial charge in [-0.1, -0.05) is 107 Å². The maximum Gasteiger partial charge on any atom is 0.339 e. The minimum atomic E-state index is -0.265. The fourth-order valence-electron chi connectivity index (χ4n) is 5.41. The fourth-order valence-corrected chi connectivity index (χ4v) is 5.58. The number of aromatic nitrogens is 1. The molecular weight excluding hydrogens is 624 g/mol. The Morgan fingerprint density at radius 1 is 0.854 bits per heavy atom. The number of benzodiazepines with no additional fused rings is 1.